The van der Waals surface area contributed by atoms with Gasteiger partial charge < -0.3 is 20.1 Å². The minimum Gasteiger partial charge on any atom is -0.394 e. The zero-order valence-electron chi connectivity index (χ0n) is 9.89. The highest BCUT2D eigenvalue weighted by Gasteiger charge is 2.43. The molecule has 1 aliphatic rings. The summed E-state index contributed by atoms with van der Waals surface area (Å²) in [5, 5.41) is 28.6. The van der Waals surface area contributed by atoms with Crippen LogP contribution in [0, 0.1) is 4.77 Å². The maximum Gasteiger partial charge on any atom is 0.258 e. The molecular formula is C11H14N2O5S. The van der Waals surface area contributed by atoms with Gasteiger partial charge in [0.2, 0.25) is 0 Å². The molecule has 2 rings (SSSR count). The molecule has 2 heterocycles. The SMILES string of the molecule is C=Cc1cn([C@@H]2O[C@H](CO)[C@@H](O)[C@@H]2O)c(=S)[nH]c1=O. The summed E-state index contributed by atoms with van der Waals surface area (Å²) in [6.07, 6.45) is -1.64. The Hall–Kier alpha value is -1.32. The molecule has 1 aromatic heterocycles. The van der Waals surface area contributed by atoms with Gasteiger partial charge in [-0.1, -0.05) is 12.7 Å². The molecule has 0 saturated carbocycles. The number of rotatable bonds is 3. The lowest BCUT2D eigenvalue weighted by Gasteiger charge is -2.18. The van der Waals surface area contributed by atoms with E-state index in [1.807, 2.05) is 0 Å². The van der Waals surface area contributed by atoms with Crippen LogP contribution in [-0.2, 0) is 4.74 Å². The predicted molar refractivity (Wildman–Crippen MR) is 69.0 cm³/mol. The first kappa shape index (κ1) is 14.1. The molecule has 1 aliphatic heterocycles. The molecule has 4 N–H and O–H groups in total. The van der Waals surface area contributed by atoms with Gasteiger partial charge in [0.1, 0.15) is 18.3 Å². The molecule has 0 unspecified atom stereocenters. The molecule has 4 atom stereocenters. The van der Waals surface area contributed by atoms with Crippen LogP contribution in [0.15, 0.2) is 17.6 Å². The molecule has 104 valence electrons. The standard InChI is InChI=1S/C11H14N2O5S/c1-2-5-3-13(11(19)12-9(5)17)10-8(16)7(15)6(4-14)18-10/h2-3,6-8,10,14-16H,1,4H2,(H,12,17,19)/t6-,7-,8+,10-/m1/s1. The molecule has 0 radical (unpaired) electrons. The third-order valence-electron chi connectivity index (χ3n) is 3.01. The lowest BCUT2D eigenvalue weighted by Crippen LogP contribution is -2.33. The van der Waals surface area contributed by atoms with Crippen LogP contribution in [0.2, 0.25) is 0 Å². The molecule has 0 aliphatic carbocycles. The summed E-state index contributed by atoms with van der Waals surface area (Å²) >= 11 is 4.99. The summed E-state index contributed by atoms with van der Waals surface area (Å²) in [6, 6.07) is 0. The monoisotopic (exact) mass is 286 g/mol. The summed E-state index contributed by atoms with van der Waals surface area (Å²) in [7, 11) is 0. The molecule has 1 fully saturated rings. The number of H-pyrrole nitrogens is 1. The zero-order valence-corrected chi connectivity index (χ0v) is 10.7. The average molecular weight is 286 g/mol. The summed E-state index contributed by atoms with van der Waals surface area (Å²) < 4.78 is 6.69. The fourth-order valence-corrected chi connectivity index (χ4v) is 2.19. The third kappa shape index (κ3) is 2.40. The van der Waals surface area contributed by atoms with Crippen LogP contribution in [-0.4, -0.2) is 49.8 Å². The van der Waals surface area contributed by atoms with Gasteiger partial charge in [0.25, 0.3) is 5.56 Å². The van der Waals surface area contributed by atoms with Crippen molar-refractivity contribution in [1.82, 2.24) is 9.55 Å². The number of ether oxygens (including phenoxy) is 1. The molecule has 0 amide bonds. The van der Waals surface area contributed by atoms with Crippen LogP contribution >= 0.6 is 12.2 Å². The Balaban J connectivity index is 2.46. The van der Waals surface area contributed by atoms with Crippen LogP contribution in [0.25, 0.3) is 6.08 Å². The molecular weight excluding hydrogens is 272 g/mol. The van der Waals surface area contributed by atoms with E-state index in [0.717, 1.165) is 0 Å². The van der Waals surface area contributed by atoms with E-state index in [-0.39, 0.29) is 10.3 Å². The van der Waals surface area contributed by atoms with Gasteiger partial charge >= 0.3 is 0 Å². The molecule has 0 spiro atoms. The number of aliphatic hydroxyl groups excluding tert-OH is 3. The molecule has 1 aromatic rings. The molecule has 0 bridgehead atoms. The summed E-state index contributed by atoms with van der Waals surface area (Å²) in [4.78, 5) is 13.9. The van der Waals surface area contributed by atoms with Gasteiger partial charge in [0, 0.05) is 6.20 Å². The highest BCUT2D eigenvalue weighted by atomic mass is 32.1. The van der Waals surface area contributed by atoms with Crippen molar-refractivity contribution >= 4 is 18.3 Å². The second-order valence-electron chi connectivity index (χ2n) is 4.18. The number of hydrogen-bond donors (Lipinski definition) is 4. The highest BCUT2D eigenvalue weighted by Crippen LogP contribution is 2.29. The Morgan fingerprint density at radius 1 is 1.53 bits per heavy atom. The van der Waals surface area contributed by atoms with Crippen molar-refractivity contribution in [3.8, 4) is 0 Å². The Labute approximate surface area is 113 Å². The normalized spacial score (nSPS) is 30.5. The molecule has 7 nitrogen and oxygen atoms in total. The first-order valence-electron chi connectivity index (χ1n) is 5.60. The van der Waals surface area contributed by atoms with Crippen molar-refractivity contribution in [2.45, 2.75) is 24.5 Å². The minimum atomic E-state index is -1.26. The van der Waals surface area contributed by atoms with Gasteiger partial charge in [0.15, 0.2) is 11.0 Å². The second-order valence-corrected chi connectivity index (χ2v) is 4.57. The van der Waals surface area contributed by atoms with Crippen molar-refractivity contribution in [2.75, 3.05) is 6.61 Å². The van der Waals surface area contributed by atoms with Gasteiger partial charge in [-0.05, 0) is 12.2 Å². The Morgan fingerprint density at radius 2 is 2.21 bits per heavy atom. The predicted octanol–water partition coefficient (Wildman–Crippen LogP) is -0.840. The summed E-state index contributed by atoms with van der Waals surface area (Å²) in [5.74, 6) is 0. The van der Waals surface area contributed by atoms with Crippen molar-refractivity contribution < 1.29 is 20.1 Å². The van der Waals surface area contributed by atoms with E-state index in [9.17, 15) is 15.0 Å². The van der Waals surface area contributed by atoms with E-state index in [4.69, 9.17) is 22.1 Å². The molecule has 1 saturated heterocycles. The van der Waals surface area contributed by atoms with Crippen LogP contribution in [0.5, 0.6) is 0 Å². The number of nitrogens with one attached hydrogen (secondary N) is 1. The van der Waals surface area contributed by atoms with Gasteiger partial charge in [-0.3, -0.25) is 14.3 Å². The number of aliphatic hydroxyl groups is 3. The quantitative estimate of drug-likeness (QED) is 0.540. The first-order valence-corrected chi connectivity index (χ1v) is 6.00. The molecule has 19 heavy (non-hydrogen) atoms. The average Bonchev–Trinajstić information content (AvgIpc) is 2.67. The van der Waals surface area contributed by atoms with Gasteiger partial charge in [-0.2, -0.15) is 0 Å². The van der Waals surface area contributed by atoms with Gasteiger partial charge in [-0.15, -0.1) is 0 Å². The zero-order chi connectivity index (χ0) is 14.2. The largest absolute Gasteiger partial charge is 0.394 e. The highest BCUT2D eigenvalue weighted by molar-refractivity contribution is 7.71. The molecule has 0 aromatic carbocycles. The summed E-state index contributed by atoms with van der Waals surface area (Å²) in [5.41, 5.74) is -0.144. The fourth-order valence-electron chi connectivity index (χ4n) is 1.95. The van der Waals surface area contributed by atoms with Crippen LogP contribution in [0.3, 0.4) is 0 Å². The minimum absolute atomic E-state index is 0.0467. The number of aromatic amines is 1. The lowest BCUT2D eigenvalue weighted by atomic mass is 10.1. The number of aromatic nitrogens is 2. The maximum absolute atomic E-state index is 11.5. The van der Waals surface area contributed by atoms with Crippen molar-refractivity contribution in [3.05, 3.63) is 33.5 Å². The van der Waals surface area contributed by atoms with E-state index in [1.54, 1.807) is 0 Å². The fraction of sp³-hybridized carbons (Fsp3) is 0.455. The molecule has 8 heteroatoms. The number of nitrogens with zero attached hydrogens (tertiary/aromatic N) is 1. The van der Waals surface area contributed by atoms with Crippen LogP contribution < -0.4 is 5.56 Å². The van der Waals surface area contributed by atoms with E-state index < -0.39 is 36.7 Å². The Kier molecular flexibility index (Phi) is 3.97. The smallest absolute Gasteiger partial charge is 0.258 e. The van der Waals surface area contributed by atoms with Gasteiger partial charge in [0.05, 0.1) is 12.2 Å². The van der Waals surface area contributed by atoms with Crippen molar-refractivity contribution in [1.29, 1.82) is 0 Å². The number of hydrogen-bond acceptors (Lipinski definition) is 6. The second kappa shape index (κ2) is 5.35. The van der Waals surface area contributed by atoms with Crippen LogP contribution in [0.4, 0.5) is 0 Å². The summed E-state index contributed by atoms with van der Waals surface area (Å²) in [6.45, 7) is 3.06. The Morgan fingerprint density at radius 3 is 2.74 bits per heavy atom. The van der Waals surface area contributed by atoms with Crippen LogP contribution in [0.1, 0.15) is 11.8 Å². The third-order valence-corrected chi connectivity index (χ3v) is 3.32. The van der Waals surface area contributed by atoms with Gasteiger partial charge in [-0.25, -0.2) is 0 Å². The van der Waals surface area contributed by atoms with Crippen molar-refractivity contribution in [3.63, 3.8) is 0 Å². The van der Waals surface area contributed by atoms with E-state index in [1.165, 1.54) is 16.8 Å². The Bertz CT molecular complexity index is 595. The van der Waals surface area contributed by atoms with E-state index in [0.29, 0.717) is 0 Å². The topological polar surface area (TPSA) is 108 Å². The van der Waals surface area contributed by atoms with E-state index in [2.05, 4.69) is 11.6 Å². The van der Waals surface area contributed by atoms with E-state index >= 15 is 0 Å². The lowest BCUT2D eigenvalue weighted by molar-refractivity contribution is -0.0541. The van der Waals surface area contributed by atoms with Crippen molar-refractivity contribution in [2.24, 2.45) is 0 Å². The maximum atomic E-state index is 11.5. The first-order chi connectivity index (χ1) is 8.99.